The van der Waals surface area contributed by atoms with E-state index in [9.17, 15) is 22.4 Å². The maximum Gasteiger partial charge on any atom is 0.264 e. The fourth-order valence-corrected chi connectivity index (χ4v) is 5.64. The van der Waals surface area contributed by atoms with Crippen LogP contribution in [-0.2, 0) is 26.2 Å². The van der Waals surface area contributed by atoms with Crippen LogP contribution >= 0.6 is 0 Å². The highest BCUT2D eigenvalue weighted by atomic mass is 32.2. The summed E-state index contributed by atoms with van der Waals surface area (Å²) in [4.78, 5) is 28.3. The van der Waals surface area contributed by atoms with Crippen molar-refractivity contribution >= 4 is 27.5 Å². The van der Waals surface area contributed by atoms with Crippen LogP contribution in [0.25, 0.3) is 0 Å². The second kappa shape index (κ2) is 13.4. The number of carbonyl (C=O) groups is 2. The van der Waals surface area contributed by atoms with Gasteiger partial charge in [0.15, 0.2) is 0 Å². The normalized spacial score (nSPS) is 12.0. The van der Waals surface area contributed by atoms with E-state index in [0.717, 1.165) is 28.3 Å². The number of amides is 2. The Hall–Kier alpha value is -3.72. The second-order valence-electron chi connectivity index (χ2n) is 9.51. The molecule has 0 fully saturated rings. The number of benzene rings is 3. The lowest BCUT2D eigenvalue weighted by molar-refractivity contribution is -0.139. The summed E-state index contributed by atoms with van der Waals surface area (Å²) in [5.74, 6) is -1.32. The number of aryl methyl sites for hydroxylation is 1. The number of rotatable bonds is 12. The van der Waals surface area contributed by atoms with Gasteiger partial charge in [-0.1, -0.05) is 55.8 Å². The van der Waals surface area contributed by atoms with Crippen LogP contribution in [0, 0.1) is 19.7 Å². The molecular formula is C30H36FN3O4S. The molecule has 0 bridgehead atoms. The standard InChI is InChI=1S/C30H36FN3O4S/c1-5-6-19-32-30(36)24(4)33(20-25-15-17-26(31)18-16-25)29(35)21-34(28-14-10-11-22(2)23(28)3)39(37,38)27-12-8-7-9-13-27/h7-18,24H,5-6,19-21H2,1-4H3,(H,32,36). The van der Waals surface area contributed by atoms with Crippen molar-refractivity contribution in [1.82, 2.24) is 10.2 Å². The molecule has 39 heavy (non-hydrogen) atoms. The molecule has 2 amide bonds. The van der Waals surface area contributed by atoms with Gasteiger partial charge in [0.05, 0.1) is 10.6 Å². The molecule has 3 aromatic rings. The SMILES string of the molecule is CCCCNC(=O)C(C)N(Cc1ccc(F)cc1)C(=O)CN(c1cccc(C)c1C)S(=O)(=O)c1ccccc1. The van der Waals surface area contributed by atoms with Crippen molar-refractivity contribution in [3.05, 3.63) is 95.3 Å². The molecule has 1 unspecified atom stereocenters. The number of nitrogens with one attached hydrogen (secondary N) is 1. The zero-order valence-electron chi connectivity index (χ0n) is 22.9. The van der Waals surface area contributed by atoms with Crippen LogP contribution in [-0.4, -0.2) is 44.3 Å². The topological polar surface area (TPSA) is 86.8 Å². The van der Waals surface area contributed by atoms with Crippen molar-refractivity contribution in [3.8, 4) is 0 Å². The average Bonchev–Trinajstić information content (AvgIpc) is 2.93. The Morgan fingerprint density at radius 3 is 2.26 bits per heavy atom. The molecule has 3 rings (SSSR count). The Morgan fingerprint density at radius 2 is 1.62 bits per heavy atom. The average molecular weight is 554 g/mol. The summed E-state index contributed by atoms with van der Waals surface area (Å²) < 4.78 is 42.4. The number of sulfonamides is 1. The predicted octanol–water partition coefficient (Wildman–Crippen LogP) is 4.97. The van der Waals surface area contributed by atoms with Gasteiger partial charge in [-0.3, -0.25) is 13.9 Å². The third-order valence-corrected chi connectivity index (χ3v) is 8.49. The Balaban J connectivity index is 2.02. The first-order chi connectivity index (χ1) is 18.6. The summed E-state index contributed by atoms with van der Waals surface area (Å²) in [6.07, 6.45) is 1.69. The molecule has 1 N–H and O–H groups in total. The van der Waals surface area contributed by atoms with Gasteiger partial charge in [0.2, 0.25) is 11.8 Å². The van der Waals surface area contributed by atoms with Crippen LogP contribution in [0.1, 0.15) is 43.4 Å². The van der Waals surface area contributed by atoms with Crippen LogP contribution < -0.4 is 9.62 Å². The fraction of sp³-hybridized carbons (Fsp3) is 0.333. The summed E-state index contributed by atoms with van der Waals surface area (Å²) in [6, 6.07) is 18.0. The van der Waals surface area contributed by atoms with Crippen molar-refractivity contribution in [2.75, 3.05) is 17.4 Å². The van der Waals surface area contributed by atoms with E-state index in [1.807, 2.05) is 26.8 Å². The third kappa shape index (κ3) is 7.44. The number of carbonyl (C=O) groups excluding carboxylic acids is 2. The van der Waals surface area contributed by atoms with Crippen LogP contribution in [0.4, 0.5) is 10.1 Å². The molecule has 0 heterocycles. The summed E-state index contributed by atoms with van der Waals surface area (Å²) in [5.41, 5.74) is 2.59. The summed E-state index contributed by atoms with van der Waals surface area (Å²) >= 11 is 0. The molecule has 208 valence electrons. The molecule has 0 spiro atoms. The fourth-order valence-electron chi connectivity index (χ4n) is 4.14. The molecule has 1 atom stereocenters. The minimum absolute atomic E-state index is 0.00744. The lowest BCUT2D eigenvalue weighted by atomic mass is 10.1. The van der Waals surface area contributed by atoms with Gasteiger partial charge in [-0.05, 0) is 74.2 Å². The van der Waals surface area contributed by atoms with E-state index >= 15 is 0 Å². The highest BCUT2D eigenvalue weighted by Crippen LogP contribution is 2.29. The summed E-state index contributed by atoms with van der Waals surface area (Å²) in [7, 11) is -4.13. The van der Waals surface area contributed by atoms with E-state index < -0.39 is 34.3 Å². The van der Waals surface area contributed by atoms with Gasteiger partial charge in [-0.15, -0.1) is 0 Å². The maximum atomic E-state index is 13.9. The van der Waals surface area contributed by atoms with Gasteiger partial charge in [0.1, 0.15) is 18.4 Å². The van der Waals surface area contributed by atoms with E-state index in [4.69, 9.17) is 0 Å². The van der Waals surface area contributed by atoms with Gasteiger partial charge in [-0.2, -0.15) is 0 Å². The minimum Gasteiger partial charge on any atom is -0.354 e. The van der Waals surface area contributed by atoms with E-state index in [1.165, 1.54) is 29.2 Å². The number of unbranched alkanes of at least 4 members (excludes halogenated alkanes) is 1. The molecule has 9 heteroatoms. The van der Waals surface area contributed by atoms with Crippen molar-refractivity contribution in [3.63, 3.8) is 0 Å². The van der Waals surface area contributed by atoms with Crippen LogP contribution in [0.2, 0.25) is 0 Å². The molecule has 0 aliphatic heterocycles. The lowest BCUT2D eigenvalue weighted by Crippen LogP contribution is -2.51. The van der Waals surface area contributed by atoms with Crippen LogP contribution in [0.5, 0.6) is 0 Å². The maximum absolute atomic E-state index is 13.9. The Labute approximate surface area is 230 Å². The van der Waals surface area contributed by atoms with Crippen molar-refractivity contribution < 1.29 is 22.4 Å². The number of anilines is 1. The van der Waals surface area contributed by atoms with E-state index in [-0.39, 0.29) is 17.3 Å². The zero-order chi connectivity index (χ0) is 28.6. The number of hydrogen-bond acceptors (Lipinski definition) is 4. The second-order valence-corrected chi connectivity index (χ2v) is 11.4. The number of hydrogen-bond donors (Lipinski definition) is 1. The minimum atomic E-state index is -4.13. The van der Waals surface area contributed by atoms with Gasteiger partial charge in [-0.25, -0.2) is 12.8 Å². The number of nitrogens with zero attached hydrogens (tertiary/aromatic N) is 2. The quantitative estimate of drug-likeness (QED) is 0.321. The van der Waals surface area contributed by atoms with E-state index in [0.29, 0.717) is 17.8 Å². The molecule has 0 saturated carbocycles. The van der Waals surface area contributed by atoms with Crippen LogP contribution in [0.15, 0.2) is 77.7 Å². The molecule has 0 aliphatic carbocycles. The Bertz CT molecular complexity index is 1380. The molecule has 0 aromatic heterocycles. The van der Waals surface area contributed by atoms with Gasteiger partial charge in [0, 0.05) is 13.1 Å². The highest BCUT2D eigenvalue weighted by Gasteiger charge is 2.33. The number of halogens is 1. The largest absolute Gasteiger partial charge is 0.354 e. The third-order valence-electron chi connectivity index (χ3n) is 6.72. The van der Waals surface area contributed by atoms with Gasteiger partial charge < -0.3 is 10.2 Å². The first-order valence-electron chi connectivity index (χ1n) is 13.0. The molecule has 0 radical (unpaired) electrons. The Morgan fingerprint density at radius 1 is 0.949 bits per heavy atom. The van der Waals surface area contributed by atoms with E-state index in [1.54, 1.807) is 49.4 Å². The predicted molar refractivity (Wildman–Crippen MR) is 151 cm³/mol. The molecule has 3 aromatic carbocycles. The summed E-state index contributed by atoms with van der Waals surface area (Å²) in [6.45, 7) is 7.25. The molecule has 0 aliphatic rings. The molecule has 0 saturated heterocycles. The summed E-state index contributed by atoms with van der Waals surface area (Å²) in [5, 5.41) is 2.85. The lowest BCUT2D eigenvalue weighted by Gasteiger charge is -2.32. The first kappa shape index (κ1) is 29.8. The van der Waals surface area contributed by atoms with Crippen molar-refractivity contribution in [2.45, 2.75) is 58.0 Å². The molecular weight excluding hydrogens is 517 g/mol. The van der Waals surface area contributed by atoms with E-state index in [2.05, 4.69) is 5.32 Å². The van der Waals surface area contributed by atoms with Crippen molar-refractivity contribution in [2.24, 2.45) is 0 Å². The van der Waals surface area contributed by atoms with Gasteiger partial charge in [0.25, 0.3) is 10.0 Å². The van der Waals surface area contributed by atoms with Crippen molar-refractivity contribution in [1.29, 1.82) is 0 Å². The van der Waals surface area contributed by atoms with Gasteiger partial charge >= 0.3 is 0 Å². The smallest absolute Gasteiger partial charge is 0.264 e. The Kier molecular flexibility index (Phi) is 10.2. The van der Waals surface area contributed by atoms with Crippen LogP contribution in [0.3, 0.4) is 0 Å². The first-order valence-corrected chi connectivity index (χ1v) is 14.5. The zero-order valence-corrected chi connectivity index (χ0v) is 23.7. The highest BCUT2D eigenvalue weighted by molar-refractivity contribution is 7.92. The molecule has 7 nitrogen and oxygen atoms in total. The monoisotopic (exact) mass is 553 g/mol.